The normalized spacial score (nSPS) is 21.2. The number of carbonyl (C=O) groups is 3. The van der Waals surface area contributed by atoms with Gasteiger partial charge in [-0.25, -0.2) is 14.7 Å². The van der Waals surface area contributed by atoms with Crippen molar-refractivity contribution in [3.63, 3.8) is 0 Å². The Morgan fingerprint density at radius 2 is 1.74 bits per heavy atom. The van der Waals surface area contributed by atoms with Crippen LogP contribution in [0, 0.1) is 0 Å². The summed E-state index contributed by atoms with van der Waals surface area (Å²) in [5.74, 6) is -2.62. The van der Waals surface area contributed by atoms with Gasteiger partial charge in [0.2, 0.25) is 0 Å². The van der Waals surface area contributed by atoms with Gasteiger partial charge in [0.1, 0.15) is 17.4 Å². The van der Waals surface area contributed by atoms with Crippen LogP contribution in [0.25, 0.3) is 11.2 Å². The lowest BCUT2D eigenvalue weighted by molar-refractivity contribution is -0.165. The van der Waals surface area contributed by atoms with E-state index in [-0.39, 0.29) is 17.0 Å². The van der Waals surface area contributed by atoms with Crippen molar-refractivity contribution in [3.05, 3.63) is 48.4 Å². The highest BCUT2D eigenvalue weighted by Gasteiger charge is 2.51. The number of aromatic nitrogens is 3. The number of nitrogens with one attached hydrogen (secondary N) is 1. The van der Waals surface area contributed by atoms with Gasteiger partial charge >= 0.3 is 22.2 Å². The summed E-state index contributed by atoms with van der Waals surface area (Å²) in [7, 11) is -4.67. The van der Waals surface area contributed by atoms with Crippen LogP contribution in [-0.4, -0.2) is 70.8 Å². The summed E-state index contributed by atoms with van der Waals surface area (Å²) >= 11 is 0. The van der Waals surface area contributed by atoms with Crippen LogP contribution in [0.5, 0.6) is 5.75 Å². The highest BCUT2D eigenvalue weighted by molar-refractivity contribution is 7.85. The van der Waals surface area contributed by atoms with Gasteiger partial charge in [-0.3, -0.25) is 23.1 Å². The quantitative estimate of drug-likeness (QED) is 0.320. The van der Waals surface area contributed by atoms with Crippen LogP contribution in [-0.2, 0) is 38.3 Å². The Balaban J connectivity index is 1.58. The molecule has 38 heavy (non-hydrogen) atoms. The van der Waals surface area contributed by atoms with Crippen molar-refractivity contribution >= 4 is 45.0 Å². The summed E-state index contributed by atoms with van der Waals surface area (Å²) in [6.45, 7) is 1.52. The van der Waals surface area contributed by atoms with Crippen LogP contribution in [0.3, 0.4) is 0 Å². The zero-order valence-electron chi connectivity index (χ0n) is 20.0. The van der Waals surface area contributed by atoms with Gasteiger partial charge < -0.3 is 25.1 Å². The van der Waals surface area contributed by atoms with E-state index >= 15 is 0 Å². The number of aromatic hydroxyl groups is 1. The lowest BCUT2D eigenvalue weighted by Gasteiger charge is -2.23. The Hall–Kier alpha value is -4.28. The molecule has 3 aromatic rings. The van der Waals surface area contributed by atoms with Gasteiger partial charge in [0, 0.05) is 25.6 Å². The summed E-state index contributed by atoms with van der Waals surface area (Å²) in [5, 5.41) is 9.33. The van der Waals surface area contributed by atoms with Crippen molar-refractivity contribution in [3.8, 4) is 5.75 Å². The Kier molecular flexibility index (Phi) is 7.47. The minimum atomic E-state index is -4.67. The van der Waals surface area contributed by atoms with Crippen LogP contribution < -0.4 is 10.5 Å². The fourth-order valence-electron chi connectivity index (χ4n) is 3.83. The number of imidazole rings is 1. The second kappa shape index (κ2) is 10.6. The number of rotatable bonds is 8. The molecule has 1 saturated heterocycles. The average Bonchev–Trinajstić information content (AvgIpc) is 3.40. The number of phenolic OH excluding ortho intramolecular Hbond substituents is 1. The predicted octanol–water partition coefficient (Wildman–Crippen LogP) is 0.171. The minimum Gasteiger partial charge on any atom is -0.508 e. The van der Waals surface area contributed by atoms with Crippen LogP contribution in [0.15, 0.2) is 42.9 Å². The highest BCUT2D eigenvalue weighted by atomic mass is 32.2. The third kappa shape index (κ3) is 5.82. The fraction of sp³-hybridized carbons (Fsp3) is 0.318. The molecule has 16 heteroatoms. The smallest absolute Gasteiger partial charge is 0.362 e. The number of ether oxygens (including phenoxy) is 3. The van der Waals surface area contributed by atoms with E-state index in [0.29, 0.717) is 11.2 Å². The number of nitrogen functional groups attached to an aromatic ring is 1. The summed E-state index contributed by atoms with van der Waals surface area (Å²) in [4.78, 5) is 44.4. The molecule has 0 unspecified atom stereocenters. The lowest BCUT2D eigenvalue weighted by Crippen LogP contribution is -2.41. The molecule has 0 bridgehead atoms. The number of hydrogen-bond donors (Lipinski definition) is 3. The SMILES string of the molecule is CC(=O)O[C@@H]1[C@H](OC(C)=O)[C@@H](COS(=O)(=O)NC(=O)c2ccc(O)cc2)O[C@H]1n1cnc2c(N)ccnc21. The maximum absolute atomic E-state index is 12.5. The van der Waals surface area contributed by atoms with Crippen LogP contribution in [0.4, 0.5) is 5.69 Å². The molecule has 4 rings (SSSR count). The molecular weight excluding hydrogens is 526 g/mol. The minimum absolute atomic E-state index is 0.0568. The largest absolute Gasteiger partial charge is 0.508 e. The van der Waals surface area contributed by atoms with E-state index in [1.54, 1.807) is 4.72 Å². The fourth-order valence-corrected chi connectivity index (χ4v) is 4.55. The first-order chi connectivity index (χ1) is 17.9. The molecule has 1 aliphatic heterocycles. The number of phenols is 1. The topological polar surface area (TPSA) is 211 Å². The zero-order chi connectivity index (χ0) is 27.6. The van der Waals surface area contributed by atoms with E-state index in [4.69, 9.17) is 24.1 Å². The number of anilines is 1. The molecule has 1 amide bonds. The van der Waals surface area contributed by atoms with Gasteiger partial charge in [0.15, 0.2) is 24.1 Å². The Morgan fingerprint density at radius 3 is 2.39 bits per heavy atom. The molecule has 0 spiro atoms. The number of carbonyl (C=O) groups excluding carboxylic acids is 3. The van der Waals surface area contributed by atoms with E-state index in [0.717, 1.165) is 13.8 Å². The molecule has 4 N–H and O–H groups in total. The maximum atomic E-state index is 12.5. The van der Waals surface area contributed by atoms with Gasteiger partial charge in [0.25, 0.3) is 5.91 Å². The molecule has 15 nitrogen and oxygen atoms in total. The third-order valence-corrected chi connectivity index (χ3v) is 6.27. The summed E-state index contributed by atoms with van der Waals surface area (Å²) in [6, 6.07) is 6.36. The zero-order valence-corrected chi connectivity index (χ0v) is 20.8. The first-order valence-corrected chi connectivity index (χ1v) is 12.4. The van der Waals surface area contributed by atoms with E-state index in [1.807, 2.05) is 0 Å². The number of nitrogens with two attached hydrogens (primary N) is 1. The Morgan fingerprint density at radius 1 is 1.08 bits per heavy atom. The average molecular weight is 550 g/mol. The number of pyridine rings is 1. The van der Waals surface area contributed by atoms with Gasteiger partial charge in [-0.15, -0.1) is 0 Å². The van der Waals surface area contributed by atoms with Crippen molar-refractivity contribution in [2.45, 2.75) is 38.4 Å². The van der Waals surface area contributed by atoms with Crippen molar-refractivity contribution in [2.24, 2.45) is 0 Å². The van der Waals surface area contributed by atoms with Crippen LogP contribution in [0.2, 0.25) is 0 Å². The molecule has 0 saturated carbocycles. The van der Waals surface area contributed by atoms with E-state index < -0.39 is 59.3 Å². The second-order valence-corrected chi connectivity index (χ2v) is 9.50. The molecule has 0 radical (unpaired) electrons. The molecule has 3 heterocycles. The molecule has 1 fully saturated rings. The van der Waals surface area contributed by atoms with Gasteiger partial charge in [-0.1, -0.05) is 0 Å². The first kappa shape index (κ1) is 26.8. The number of hydrogen-bond acceptors (Lipinski definition) is 13. The molecule has 2 aromatic heterocycles. The van der Waals surface area contributed by atoms with Crippen molar-refractivity contribution < 1.29 is 46.3 Å². The van der Waals surface area contributed by atoms with E-state index in [9.17, 15) is 27.9 Å². The maximum Gasteiger partial charge on any atom is 0.362 e. The summed E-state index contributed by atoms with van der Waals surface area (Å²) in [5.41, 5.74) is 6.81. The molecular formula is C22H23N5O10S. The van der Waals surface area contributed by atoms with Crippen LogP contribution >= 0.6 is 0 Å². The number of esters is 2. The second-order valence-electron chi connectivity index (χ2n) is 8.15. The summed E-state index contributed by atoms with van der Waals surface area (Å²) in [6.07, 6.45) is -2.22. The van der Waals surface area contributed by atoms with Crippen molar-refractivity contribution in [2.75, 3.05) is 12.3 Å². The Bertz CT molecular complexity index is 1470. The Labute approximate surface area is 215 Å². The molecule has 202 valence electrons. The van der Waals surface area contributed by atoms with Crippen molar-refractivity contribution in [1.82, 2.24) is 19.3 Å². The van der Waals surface area contributed by atoms with Crippen LogP contribution in [0.1, 0.15) is 30.4 Å². The van der Waals surface area contributed by atoms with Gasteiger partial charge in [-0.2, -0.15) is 8.42 Å². The monoisotopic (exact) mass is 549 g/mol. The third-order valence-electron chi connectivity index (χ3n) is 5.39. The number of fused-ring (bicyclic) bond motifs is 1. The molecule has 0 aliphatic carbocycles. The standard InChI is InChI=1S/C22H23N5O10S/c1-11(28)35-18-16(9-34-38(32,33)26-21(31)13-3-5-14(30)6-4-13)37-22(19(18)36-12(2)29)27-10-25-17-15(23)7-8-24-20(17)27/h3-8,10,16,18-19,22,30H,9H2,1-2H3,(H2,23,24)(H,26,31)/t16-,18-,19-,22-/m1/s1. The predicted molar refractivity (Wildman–Crippen MR) is 127 cm³/mol. The number of benzene rings is 1. The van der Waals surface area contributed by atoms with Gasteiger partial charge in [-0.05, 0) is 30.3 Å². The molecule has 4 atom stereocenters. The number of nitrogens with zero attached hydrogens (tertiary/aromatic N) is 3. The van der Waals surface area contributed by atoms with E-state index in [2.05, 4.69) is 9.97 Å². The summed E-state index contributed by atoms with van der Waals surface area (Å²) < 4.78 is 49.6. The van der Waals surface area contributed by atoms with Gasteiger partial charge in [0.05, 0.1) is 18.6 Å². The van der Waals surface area contributed by atoms with E-state index in [1.165, 1.54) is 47.4 Å². The number of amides is 1. The molecule has 1 aliphatic rings. The highest BCUT2D eigenvalue weighted by Crippen LogP contribution is 2.36. The van der Waals surface area contributed by atoms with Crippen molar-refractivity contribution in [1.29, 1.82) is 0 Å². The lowest BCUT2D eigenvalue weighted by atomic mass is 10.1. The molecule has 1 aromatic carbocycles. The first-order valence-electron chi connectivity index (χ1n) is 11.0.